The first-order valence-corrected chi connectivity index (χ1v) is 6.50. The lowest BCUT2D eigenvalue weighted by molar-refractivity contribution is 0.0852. The molecule has 1 saturated heterocycles. The molecule has 1 N–H and O–H groups in total. The summed E-state index contributed by atoms with van der Waals surface area (Å²) in [5.74, 6) is 0.819. The normalized spacial score (nSPS) is 16.8. The van der Waals surface area contributed by atoms with E-state index >= 15 is 0 Å². The number of nitrogens with one attached hydrogen (secondary N) is 1. The molecule has 0 aliphatic carbocycles. The van der Waals surface area contributed by atoms with Gasteiger partial charge >= 0.3 is 0 Å². The van der Waals surface area contributed by atoms with E-state index < -0.39 is 0 Å². The van der Waals surface area contributed by atoms with E-state index in [1.807, 2.05) is 20.2 Å². The number of rotatable bonds is 4. The third-order valence-electron chi connectivity index (χ3n) is 3.49. The maximum absolute atomic E-state index is 5.38. The highest BCUT2D eigenvalue weighted by molar-refractivity contribution is 5.33. The highest BCUT2D eigenvalue weighted by Crippen LogP contribution is 2.18. The van der Waals surface area contributed by atoms with Crippen LogP contribution in [0.4, 0.5) is 5.95 Å². The van der Waals surface area contributed by atoms with Crippen LogP contribution in [0.1, 0.15) is 24.1 Å². The van der Waals surface area contributed by atoms with Crippen LogP contribution in [0.2, 0.25) is 0 Å². The second-order valence-corrected chi connectivity index (χ2v) is 4.77. The van der Waals surface area contributed by atoms with Gasteiger partial charge in [0.2, 0.25) is 5.95 Å². The topological polar surface area (TPSA) is 50.3 Å². The second kappa shape index (κ2) is 6.11. The molecule has 2 heterocycles. The molecule has 0 aromatic carbocycles. The SMILES string of the molecule is CNCc1cnc(N(C)C2CCOCC2)nc1C. The fourth-order valence-corrected chi connectivity index (χ4v) is 2.25. The van der Waals surface area contributed by atoms with Gasteiger partial charge < -0.3 is 15.0 Å². The Morgan fingerprint density at radius 1 is 1.44 bits per heavy atom. The predicted octanol–water partition coefficient (Wildman–Crippen LogP) is 1.12. The largest absolute Gasteiger partial charge is 0.381 e. The molecular weight excluding hydrogens is 228 g/mol. The summed E-state index contributed by atoms with van der Waals surface area (Å²) in [5.41, 5.74) is 2.20. The molecule has 0 unspecified atom stereocenters. The minimum Gasteiger partial charge on any atom is -0.381 e. The first kappa shape index (κ1) is 13.2. The molecule has 1 aromatic heterocycles. The number of hydrogen-bond donors (Lipinski definition) is 1. The Hall–Kier alpha value is -1.20. The zero-order valence-electron chi connectivity index (χ0n) is 11.4. The van der Waals surface area contributed by atoms with E-state index in [1.54, 1.807) is 0 Å². The van der Waals surface area contributed by atoms with E-state index in [2.05, 4.69) is 27.2 Å². The molecule has 1 aromatic rings. The first-order valence-electron chi connectivity index (χ1n) is 6.50. The summed E-state index contributed by atoms with van der Waals surface area (Å²) in [5, 5.41) is 3.13. The van der Waals surface area contributed by atoms with Gasteiger partial charge in [-0.1, -0.05) is 0 Å². The van der Waals surface area contributed by atoms with Gasteiger partial charge in [0.25, 0.3) is 0 Å². The summed E-state index contributed by atoms with van der Waals surface area (Å²) in [6.07, 6.45) is 4.03. The van der Waals surface area contributed by atoms with Gasteiger partial charge in [-0.05, 0) is 26.8 Å². The van der Waals surface area contributed by atoms with Gasteiger partial charge in [0.05, 0.1) is 0 Å². The zero-order valence-corrected chi connectivity index (χ0v) is 11.4. The maximum atomic E-state index is 5.38. The lowest BCUT2D eigenvalue weighted by Gasteiger charge is -2.31. The van der Waals surface area contributed by atoms with Crippen molar-refractivity contribution in [1.29, 1.82) is 0 Å². The van der Waals surface area contributed by atoms with Gasteiger partial charge in [0.1, 0.15) is 0 Å². The van der Waals surface area contributed by atoms with Crippen LogP contribution >= 0.6 is 0 Å². The molecule has 0 amide bonds. The molecule has 0 saturated carbocycles. The average molecular weight is 250 g/mol. The van der Waals surface area contributed by atoms with Crippen molar-refractivity contribution in [3.63, 3.8) is 0 Å². The Bertz CT molecular complexity index is 391. The maximum Gasteiger partial charge on any atom is 0.225 e. The Kier molecular flexibility index (Phi) is 4.49. The van der Waals surface area contributed by atoms with Crippen molar-refractivity contribution in [1.82, 2.24) is 15.3 Å². The van der Waals surface area contributed by atoms with Crippen LogP contribution in [0, 0.1) is 6.92 Å². The smallest absolute Gasteiger partial charge is 0.225 e. The van der Waals surface area contributed by atoms with Crippen molar-refractivity contribution in [2.24, 2.45) is 0 Å². The number of ether oxygens (including phenoxy) is 1. The van der Waals surface area contributed by atoms with E-state index in [9.17, 15) is 0 Å². The second-order valence-electron chi connectivity index (χ2n) is 4.77. The molecule has 1 aliphatic rings. The molecule has 0 bridgehead atoms. The van der Waals surface area contributed by atoms with Crippen molar-refractivity contribution >= 4 is 5.95 Å². The molecule has 0 spiro atoms. The van der Waals surface area contributed by atoms with E-state index in [4.69, 9.17) is 4.74 Å². The van der Waals surface area contributed by atoms with E-state index in [0.717, 1.165) is 49.8 Å². The van der Waals surface area contributed by atoms with Crippen LogP contribution in [0.3, 0.4) is 0 Å². The van der Waals surface area contributed by atoms with Crippen molar-refractivity contribution in [2.45, 2.75) is 32.4 Å². The van der Waals surface area contributed by atoms with E-state index in [-0.39, 0.29) is 0 Å². The fraction of sp³-hybridized carbons (Fsp3) is 0.692. The van der Waals surface area contributed by atoms with Crippen LogP contribution in [0.5, 0.6) is 0 Å². The molecule has 0 atom stereocenters. The predicted molar refractivity (Wildman–Crippen MR) is 71.8 cm³/mol. The Morgan fingerprint density at radius 2 is 2.17 bits per heavy atom. The van der Waals surface area contributed by atoms with Gasteiger partial charge in [-0.25, -0.2) is 9.97 Å². The van der Waals surface area contributed by atoms with Crippen molar-refractivity contribution < 1.29 is 4.74 Å². The molecule has 1 aliphatic heterocycles. The number of aryl methyl sites for hydroxylation is 1. The number of nitrogens with zero attached hydrogens (tertiary/aromatic N) is 3. The molecule has 1 fully saturated rings. The molecule has 18 heavy (non-hydrogen) atoms. The summed E-state index contributed by atoms with van der Waals surface area (Å²) in [4.78, 5) is 11.2. The van der Waals surface area contributed by atoms with Gasteiger partial charge in [-0.2, -0.15) is 0 Å². The number of hydrogen-bond acceptors (Lipinski definition) is 5. The molecule has 2 rings (SSSR count). The molecule has 5 nitrogen and oxygen atoms in total. The summed E-state index contributed by atoms with van der Waals surface area (Å²) >= 11 is 0. The monoisotopic (exact) mass is 250 g/mol. The number of anilines is 1. The van der Waals surface area contributed by atoms with Crippen molar-refractivity contribution in [2.75, 3.05) is 32.2 Å². The van der Waals surface area contributed by atoms with Gasteiger partial charge in [-0.15, -0.1) is 0 Å². The van der Waals surface area contributed by atoms with E-state index in [0.29, 0.717) is 6.04 Å². The Morgan fingerprint density at radius 3 is 2.78 bits per heavy atom. The van der Waals surface area contributed by atoms with Crippen LogP contribution in [-0.4, -0.2) is 43.3 Å². The van der Waals surface area contributed by atoms with Gasteiger partial charge in [0.15, 0.2) is 0 Å². The van der Waals surface area contributed by atoms with Crippen LogP contribution in [-0.2, 0) is 11.3 Å². The minimum atomic E-state index is 0.494. The third kappa shape index (κ3) is 2.97. The lowest BCUT2D eigenvalue weighted by atomic mass is 10.1. The quantitative estimate of drug-likeness (QED) is 0.868. The van der Waals surface area contributed by atoms with Crippen molar-refractivity contribution in [3.05, 3.63) is 17.5 Å². The lowest BCUT2D eigenvalue weighted by Crippen LogP contribution is -2.37. The van der Waals surface area contributed by atoms with Crippen LogP contribution in [0.15, 0.2) is 6.20 Å². The minimum absolute atomic E-state index is 0.494. The summed E-state index contributed by atoms with van der Waals surface area (Å²) in [6, 6.07) is 0.494. The van der Waals surface area contributed by atoms with Crippen LogP contribution in [0.25, 0.3) is 0 Å². The third-order valence-corrected chi connectivity index (χ3v) is 3.49. The van der Waals surface area contributed by atoms with E-state index in [1.165, 1.54) is 0 Å². The Balaban J connectivity index is 2.10. The standard InChI is InChI=1S/C13H22N4O/c1-10-11(8-14-2)9-15-13(16-10)17(3)12-4-6-18-7-5-12/h9,12,14H,4-8H2,1-3H3. The molecular formula is C13H22N4O. The Labute approximate surface area is 109 Å². The fourth-order valence-electron chi connectivity index (χ4n) is 2.25. The molecule has 100 valence electrons. The first-order chi connectivity index (χ1) is 8.72. The average Bonchev–Trinajstić information content (AvgIpc) is 2.41. The highest BCUT2D eigenvalue weighted by atomic mass is 16.5. The summed E-state index contributed by atoms with van der Waals surface area (Å²) in [6.45, 7) is 4.53. The highest BCUT2D eigenvalue weighted by Gasteiger charge is 2.20. The summed E-state index contributed by atoms with van der Waals surface area (Å²) in [7, 11) is 4.00. The van der Waals surface area contributed by atoms with Gasteiger partial charge in [-0.3, -0.25) is 0 Å². The van der Waals surface area contributed by atoms with Gasteiger partial charge in [0, 0.05) is 50.3 Å². The molecule has 0 radical (unpaired) electrons. The van der Waals surface area contributed by atoms with Crippen molar-refractivity contribution in [3.8, 4) is 0 Å². The number of aromatic nitrogens is 2. The molecule has 5 heteroatoms. The van der Waals surface area contributed by atoms with Crippen LogP contribution < -0.4 is 10.2 Å². The zero-order chi connectivity index (χ0) is 13.0. The summed E-state index contributed by atoms with van der Waals surface area (Å²) < 4.78 is 5.38.